The van der Waals surface area contributed by atoms with Gasteiger partial charge < -0.3 is 9.84 Å². The average molecular weight is 352 g/mol. The molecule has 0 aliphatic rings. The van der Waals surface area contributed by atoms with Gasteiger partial charge in [0.05, 0.1) is 11.2 Å². The third-order valence-electron chi connectivity index (χ3n) is 3.33. The lowest BCUT2D eigenvalue weighted by atomic mass is 10.2. The third-order valence-corrected chi connectivity index (χ3v) is 3.86. The number of unbranched alkanes of at least 4 members (excludes halogenated alkanes) is 1. The maximum atomic E-state index is 8.90. The van der Waals surface area contributed by atoms with Crippen LogP contribution in [0.2, 0.25) is 10.0 Å². The monoisotopic (exact) mass is 351 g/mol. The number of benzene rings is 1. The van der Waals surface area contributed by atoms with E-state index in [-0.39, 0.29) is 6.61 Å². The zero-order valence-electron chi connectivity index (χ0n) is 12.2. The van der Waals surface area contributed by atoms with Crippen LogP contribution in [0.25, 0.3) is 5.65 Å². The number of rotatable bonds is 6. The normalized spacial score (nSPS) is 11.1. The van der Waals surface area contributed by atoms with Gasteiger partial charge in [-0.05, 0) is 37.5 Å². The molecule has 120 valence electrons. The zero-order chi connectivity index (χ0) is 16.2. The van der Waals surface area contributed by atoms with Crippen LogP contribution in [-0.2, 0) is 6.42 Å². The van der Waals surface area contributed by atoms with Crippen LogP contribution in [-0.4, -0.2) is 26.3 Å². The second-order valence-electron chi connectivity index (χ2n) is 5.04. The Morgan fingerprint density at radius 3 is 2.78 bits per heavy atom. The number of fused-ring (bicyclic) bond motifs is 1. The van der Waals surface area contributed by atoms with Gasteiger partial charge in [-0.3, -0.25) is 0 Å². The van der Waals surface area contributed by atoms with E-state index >= 15 is 0 Å². The van der Waals surface area contributed by atoms with Crippen molar-refractivity contribution in [1.29, 1.82) is 0 Å². The molecule has 0 atom stereocenters. The van der Waals surface area contributed by atoms with Crippen molar-refractivity contribution < 1.29 is 9.84 Å². The number of halogens is 2. The maximum absolute atomic E-state index is 8.90. The van der Waals surface area contributed by atoms with Crippen LogP contribution < -0.4 is 4.74 Å². The molecule has 0 spiro atoms. The smallest absolute Gasteiger partial charge is 0.224 e. The molecule has 2 aromatic heterocycles. The fourth-order valence-corrected chi connectivity index (χ4v) is 2.67. The number of nitrogens with zero attached hydrogens (tertiary/aromatic N) is 3. The molecule has 0 saturated carbocycles. The Bertz CT molecular complexity index is 820. The van der Waals surface area contributed by atoms with Crippen molar-refractivity contribution in [2.45, 2.75) is 19.3 Å². The van der Waals surface area contributed by atoms with Crippen molar-refractivity contribution in [3.8, 4) is 11.6 Å². The average Bonchev–Trinajstić information content (AvgIpc) is 2.99. The number of ether oxygens (including phenoxy) is 1. The predicted molar refractivity (Wildman–Crippen MR) is 89.5 cm³/mol. The molecule has 2 heterocycles. The van der Waals surface area contributed by atoms with Gasteiger partial charge in [0.25, 0.3) is 0 Å². The Morgan fingerprint density at radius 2 is 2.00 bits per heavy atom. The van der Waals surface area contributed by atoms with Gasteiger partial charge in [0.15, 0.2) is 5.65 Å². The Labute approximate surface area is 143 Å². The number of hydrogen-bond acceptors (Lipinski definition) is 4. The summed E-state index contributed by atoms with van der Waals surface area (Å²) in [7, 11) is 0. The van der Waals surface area contributed by atoms with E-state index in [2.05, 4.69) is 10.1 Å². The second kappa shape index (κ2) is 7.17. The Balaban J connectivity index is 1.93. The molecule has 7 heteroatoms. The van der Waals surface area contributed by atoms with Crippen LogP contribution >= 0.6 is 23.2 Å². The topological polar surface area (TPSA) is 59.7 Å². The molecule has 0 saturated heterocycles. The molecule has 0 aliphatic heterocycles. The standard InChI is InChI=1S/C16H15Cl2N3O2/c17-11-4-5-14(13(18)9-11)23-16-10-12(3-1-2-8-22)20-15-6-7-19-21(15)16/h4-7,9-10,22H,1-3,8H2. The first kappa shape index (κ1) is 16.1. The minimum absolute atomic E-state index is 0.179. The summed E-state index contributed by atoms with van der Waals surface area (Å²) < 4.78 is 7.51. The zero-order valence-corrected chi connectivity index (χ0v) is 13.8. The highest BCUT2D eigenvalue weighted by atomic mass is 35.5. The molecule has 3 aromatic rings. The van der Waals surface area contributed by atoms with Crippen molar-refractivity contribution in [2.24, 2.45) is 0 Å². The quantitative estimate of drug-likeness (QED) is 0.678. The molecule has 1 N–H and O–H groups in total. The molecule has 23 heavy (non-hydrogen) atoms. The molecule has 3 rings (SSSR count). The lowest BCUT2D eigenvalue weighted by molar-refractivity contribution is 0.284. The summed E-state index contributed by atoms with van der Waals surface area (Å²) in [6, 6.07) is 8.70. The summed E-state index contributed by atoms with van der Waals surface area (Å²) in [6.45, 7) is 0.179. The van der Waals surface area contributed by atoms with Gasteiger partial charge in [0.2, 0.25) is 5.88 Å². The van der Waals surface area contributed by atoms with Crippen LogP contribution in [0.5, 0.6) is 11.6 Å². The van der Waals surface area contributed by atoms with E-state index in [0.29, 0.717) is 27.3 Å². The van der Waals surface area contributed by atoms with Crippen LogP contribution in [0.1, 0.15) is 18.5 Å². The number of aliphatic hydroxyl groups excluding tert-OH is 1. The van der Waals surface area contributed by atoms with Crippen molar-refractivity contribution in [3.63, 3.8) is 0 Å². The third kappa shape index (κ3) is 3.75. The van der Waals surface area contributed by atoms with Crippen molar-refractivity contribution in [1.82, 2.24) is 14.6 Å². The van der Waals surface area contributed by atoms with Crippen molar-refractivity contribution in [2.75, 3.05) is 6.61 Å². The summed E-state index contributed by atoms with van der Waals surface area (Å²) in [6.07, 6.45) is 4.02. The highest BCUT2D eigenvalue weighted by molar-refractivity contribution is 6.35. The second-order valence-corrected chi connectivity index (χ2v) is 5.89. The summed E-state index contributed by atoms with van der Waals surface area (Å²) in [4.78, 5) is 4.53. The predicted octanol–water partition coefficient (Wildman–Crippen LogP) is 4.14. The molecule has 0 unspecified atom stereocenters. The van der Waals surface area contributed by atoms with Gasteiger partial charge in [-0.1, -0.05) is 23.2 Å². The van der Waals surface area contributed by atoms with Crippen LogP contribution in [0.15, 0.2) is 36.5 Å². The highest BCUT2D eigenvalue weighted by Gasteiger charge is 2.11. The SMILES string of the molecule is OCCCCc1cc(Oc2ccc(Cl)cc2Cl)n2nccc2n1. The Morgan fingerprint density at radius 1 is 1.13 bits per heavy atom. The number of aryl methyl sites for hydroxylation is 1. The molecule has 0 amide bonds. The van der Waals surface area contributed by atoms with E-state index in [9.17, 15) is 0 Å². The van der Waals surface area contributed by atoms with Gasteiger partial charge in [0.1, 0.15) is 5.75 Å². The molecular weight excluding hydrogens is 337 g/mol. The lowest BCUT2D eigenvalue weighted by Crippen LogP contribution is -2.01. The molecule has 1 aromatic carbocycles. The largest absolute Gasteiger partial charge is 0.437 e. The molecule has 0 bridgehead atoms. The summed E-state index contributed by atoms with van der Waals surface area (Å²) >= 11 is 12.1. The fraction of sp³-hybridized carbons (Fsp3) is 0.250. The fourth-order valence-electron chi connectivity index (χ4n) is 2.22. The van der Waals surface area contributed by atoms with Gasteiger partial charge >= 0.3 is 0 Å². The molecular formula is C16H15Cl2N3O2. The minimum Gasteiger partial charge on any atom is -0.437 e. The summed E-state index contributed by atoms with van der Waals surface area (Å²) in [5.41, 5.74) is 1.58. The highest BCUT2D eigenvalue weighted by Crippen LogP contribution is 2.31. The van der Waals surface area contributed by atoms with Crippen molar-refractivity contribution in [3.05, 3.63) is 52.3 Å². The van der Waals surface area contributed by atoms with E-state index in [4.69, 9.17) is 33.0 Å². The minimum atomic E-state index is 0.179. The van der Waals surface area contributed by atoms with E-state index < -0.39 is 0 Å². The summed E-state index contributed by atoms with van der Waals surface area (Å²) in [5.74, 6) is 1.03. The van der Waals surface area contributed by atoms with Crippen LogP contribution in [0, 0.1) is 0 Å². The number of aliphatic hydroxyl groups is 1. The first-order valence-electron chi connectivity index (χ1n) is 7.25. The number of aromatic nitrogens is 3. The van der Waals surface area contributed by atoms with Crippen molar-refractivity contribution >= 4 is 28.8 Å². The molecule has 0 fully saturated rings. The van der Waals surface area contributed by atoms with Crippen LogP contribution in [0.3, 0.4) is 0 Å². The first-order valence-corrected chi connectivity index (χ1v) is 8.00. The van der Waals surface area contributed by atoms with Gasteiger partial charge in [-0.25, -0.2) is 4.98 Å². The van der Waals surface area contributed by atoms with E-state index in [1.165, 1.54) is 0 Å². The Hall–Kier alpha value is -1.82. The van der Waals surface area contributed by atoms with Gasteiger partial charge in [-0.15, -0.1) is 0 Å². The first-order chi connectivity index (χ1) is 11.2. The van der Waals surface area contributed by atoms with E-state index in [0.717, 1.165) is 25.0 Å². The van der Waals surface area contributed by atoms with E-state index in [1.54, 1.807) is 28.9 Å². The number of hydrogen-bond donors (Lipinski definition) is 1. The molecule has 0 aliphatic carbocycles. The summed E-state index contributed by atoms with van der Waals surface area (Å²) in [5, 5.41) is 14.1. The Kier molecular flexibility index (Phi) is 5.00. The van der Waals surface area contributed by atoms with Gasteiger partial charge in [0, 0.05) is 29.5 Å². The maximum Gasteiger partial charge on any atom is 0.224 e. The van der Waals surface area contributed by atoms with Crippen LogP contribution in [0.4, 0.5) is 0 Å². The van der Waals surface area contributed by atoms with Gasteiger partial charge in [-0.2, -0.15) is 9.61 Å². The van der Waals surface area contributed by atoms with E-state index in [1.807, 2.05) is 12.1 Å². The molecule has 0 radical (unpaired) electrons. The molecule has 5 nitrogen and oxygen atoms in total. The lowest BCUT2D eigenvalue weighted by Gasteiger charge is -2.11.